The van der Waals surface area contributed by atoms with Crippen molar-refractivity contribution in [3.8, 4) is 0 Å². The highest BCUT2D eigenvalue weighted by Gasteiger charge is 2.19. The molecule has 1 rings (SSSR count). The minimum atomic E-state index is -3.18. The number of nitrogens with one attached hydrogen (secondary N) is 1. The highest BCUT2D eigenvalue weighted by molar-refractivity contribution is 7.89. The molecule has 19 heavy (non-hydrogen) atoms. The van der Waals surface area contributed by atoms with Crippen LogP contribution in [0.5, 0.6) is 0 Å². The van der Waals surface area contributed by atoms with Gasteiger partial charge in [-0.3, -0.25) is 0 Å². The van der Waals surface area contributed by atoms with E-state index in [4.69, 9.17) is 0 Å². The zero-order valence-corrected chi connectivity index (χ0v) is 13.6. The van der Waals surface area contributed by atoms with Gasteiger partial charge in [0.05, 0.1) is 17.0 Å². The molecule has 0 spiro atoms. The quantitative estimate of drug-likeness (QED) is 0.741. The summed E-state index contributed by atoms with van der Waals surface area (Å²) in [6.45, 7) is 7.14. The second-order valence-electron chi connectivity index (χ2n) is 4.90. The number of thiazole rings is 1. The van der Waals surface area contributed by atoms with Gasteiger partial charge >= 0.3 is 0 Å². The van der Waals surface area contributed by atoms with Gasteiger partial charge in [-0.1, -0.05) is 13.8 Å². The van der Waals surface area contributed by atoms with Crippen LogP contribution in [0.4, 0.5) is 0 Å². The number of aryl methyl sites for hydroxylation is 1. The molecule has 110 valence electrons. The molecule has 1 heterocycles. The van der Waals surface area contributed by atoms with Crippen LogP contribution >= 0.6 is 11.3 Å². The maximum atomic E-state index is 12.1. The number of aromatic nitrogens is 1. The van der Waals surface area contributed by atoms with Gasteiger partial charge in [0.15, 0.2) is 0 Å². The third-order valence-corrected chi connectivity index (χ3v) is 5.62. The van der Waals surface area contributed by atoms with Crippen molar-refractivity contribution in [2.24, 2.45) is 0 Å². The summed E-state index contributed by atoms with van der Waals surface area (Å²) in [4.78, 5) is 5.14. The molecule has 0 saturated heterocycles. The lowest BCUT2D eigenvalue weighted by Gasteiger charge is -2.17. The van der Waals surface area contributed by atoms with E-state index in [1.54, 1.807) is 12.6 Å². The Morgan fingerprint density at radius 3 is 2.68 bits per heavy atom. The normalized spacial score (nSPS) is 12.5. The Hall–Kier alpha value is -0.500. The topological polar surface area (TPSA) is 62.3 Å². The maximum Gasteiger partial charge on any atom is 0.214 e. The fourth-order valence-corrected chi connectivity index (χ4v) is 3.64. The third-order valence-electron chi connectivity index (χ3n) is 2.82. The molecule has 0 aliphatic heterocycles. The van der Waals surface area contributed by atoms with Crippen molar-refractivity contribution in [1.29, 1.82) is 0 Å². The van der Waals surface area contributed by atoms with Gasteiger partial charge in [0.1, 0.15) is 0 Å². The van der Waals surface area contributed by atoms with E-state index in [0.29, 0.717) is 19.0 Å². The second-order valence-corrected chi connectivity index (χ2v) is 8.03. The van der Waals surface area contributed by atoms with Gasteiger partial charge in [-0.15, -0.1) is 11.3 Å². The van der Waals surface area contributed by atoms with E-state index in [9.17, 15) is 8.42 Å². The summed E-state index contributed by atoms with van der Waals surface area (Å²) in [7, 11) is -1.55. The fraction of sp³-hybridized carbons (Fsp3) is 0.750. The first kappa shape index (κ1) is 16.6. The van der Waals surface area contributed by atoms with Crippen molar-refractivity contribution in [3.05, 3.63) is 16.1 Å². The van der Waals surface area contributed by atoms with Gasteiger partial charge in [-0.25, -0.2) is 13.4 Å². The van der Waals surface area contributed by atoms with E-state index in [1.807, 2.05) is 20.8 Å². The summed E-state index contributed by atoms with van der Waals surface area (Å²) in [6.07, 6.45) is 0.631. The Morgan fingerprint density at radius 2 is 2.16 bits per heavy atom. The van der Waals surface area contributed by atoms with Gasteiger partial charge in [0.2, 0.25) is 10.0 Å². The van der Waals surface area contributed by atoms with Gasteiger partial charge in [0.25, 0.3) is 0 Å². The molecule has 0 aliphatic carbocycles. The lowest BCUT2D eigenvalue weighted by molar-refractivity contribution is 0.465. The largest absolute Gasteiger partial charge is 0.314 e. The summed E-state index contributed by atoms with van der Waals surface area (Å²) in [6, 6.07) is 0.389. The van der Waals surface area contributed by atoms with Gasteiger partial charge in [0, 0.05) is 24.5 Å². The summed E-state index contributed by atoms with van der Waals surface area (Å²) < 4.78 is 25.6. The third kappa shape index (κ3) is 5.56. The van der Waals surface area contributed by atoms with Crippen LogP contribution in [0.3, 0.4) is 0 Å². The first-order chi connectivity index (χ1) is 8.83. The zero-order chi connectivity index (χ0) is 14.5. The van der Waals surface area contributed by atoms with Crippen molar-refractivity contribution in [3.63, 3.8) is 0 Å². The minimum absolute atomic E-state index is 0.182. The summed E-state index contributed by atoms with van der Waals surface area (Å²) in [5.41, 5.74) is 2.66. The van der Waals surface area contributed by atoms with Crippen LogP contribution < -0.4 is 5.32 Å². The average molecular weight is 305 g/mol. The first-order valence-corrected chi connectivity index (χ1v) is 8.88. The van der Waals surface area contributed by atoms with E-state index in [-0.39, 0.29) is 5.75 Å². The molecule has 0 radical (unpaired) electrons. The molecule has 0 saturated carbocycles. The molecule has 0 atom stereocenters. The van der Waals surface area contributed by atoms with Crippen molar-refractivity contribution in [1.82, 2.24) is 14.6 Å². The molecule has 0 amide bonds. The molecular formula is C12H23N3O2S2. The number of rotatable bonds is 8. The Kier molecular flexibility index (Phi) is 6.38. The number of sulfonamides is 1. The summed E-state index contributed by atoms with van der Waals surface area (Å²) in [5, 5.41) is 3.22. The highest BCUT2D eigenvalue weighted by atomic mass is 32.2. The Labute approximate surface area is 120 Å². The summed E-state index contributed by atoms with van der Waals surface area (Å²) >= 11 is 1.50. The predicted octanol–water partition coefficient (Wildman–Crippen LogP) is 1.60. The second kappa shape index (κ2) is 7.33. The van der Waals surface area contributed by atoms with Gasteiger partial charge in [-0.05, 0) is 19.9 Å². The SMILES string of the molecule is Cc1ncsc1CN(C)S(=O)(=O)CCCNC(C)C. The maximum absolute atomic E-state index is 12.1. The van der Waals surface area contributed by atoms with Crippen molar-refractivity contribution in [2.75, 3.05) is 19.3 Å². The van der Waals surface area contributed by atoms with Crippen molar-refractivity contribution >= 4 is 21.4 Å². The summed E-state index contributed by atoms with van der Waals surface area (Å²) in [5.74, 6) is 0.182. The smallest absolute Gasteiger partial charge is 0.214 e. The predicted molar refractivity (Wildman–Crippen MR) is 79.9 cm³/mol. The number of hydrogen-bond donors (Lipinski definition) is 1. The van der Waals surface area contributed by atoms with Gasteiger partial charge < -0.3 is 5.32 Å². The lowest BCUT2D eigenvalue weighted by Crippen LogP contribution is -2.31. The van der Waals surface area contributed by atoms with Crippen LogP contribution in [0, 0.1) is 6.92 Å². The number of hydrogen-bond acceptors (Lipinski definition) is 5. The van der Waals surface area contributed by atoms with Crippen LogP contribution in [0.1, 0.15) is 30.8 Å². The molecule has 0 aliphatic rings. The molecule has 0 unspecified atom stereocenters. The minimum Gasteiger partial charge on any atom is -0.314 e. The molecule has 5 nitrogen and oxygen atoms in total. The lowest BCUT2D eigenvalue weighted by atomic mass is 10.4. The molecule has 7 heteroatoms. The Balaban J connectivity index is 2.46. The van der Waals surface area contributed by atoms with E-state index in [2.05, 4.69) is 10.3 Å². The molecule has 0 fully saturated rings. The molecule has 1 aromatic rings. The molecule has 0 aromatic carbocycles. The molecule has 0 bridgehead atoms. The van der Waals surface area contributed by atoms with Crippen molar-refractivity contribution in [2.45, 2.75) is 39.8 Å². The highest BCUT2D eigenvalue weighted by Crippen LogP contribution is 2.16. The van der Waals surface area contributed by atoms with Gasteiger partial charge in [-0.2, -0.15) is 4.31 Å². The average Bonchev–Trinajstić information content (AvgIpc) is 2.70. The number of nitrogens with zero attached hydrogens (tertiary/aromatic N) is 2. The van der Waals surface area contributed by atoms with Crippen LogP contribution in [-0.4, -0.2) is 43.1 Å². The van der Waals surface area contributed by atoms with E-state index >= 15 is 0 Å². The molecule has 1 N–H and O–H groups in total. The van der Waals surface area contributed by atoms with E-state index < -0.39 is 10.0 Å². The van der Waals surface area contributed by atoms with Crippen LogP contribution in [0.25, 0.3) is 0 Å². The Morgan fingerprint density at radius 1 is 1.47 bits per heavy atom. The fourth-order valence-electron chi connectivity index (χ4n) is 1.58. The monoisotopic (exact) mass is 305 g/mol. The zero-order valence-electron chi connectivity index (χ0n) is 12.0. The van der Waals surface area contributed by atoms with Crippen molar-refractivity contribution < 1.29 is 8.42 Å². The van der Waals surface area contributed by atoms with E-state index in [0.717, 1.165) is 17.1 Å². The molecule has 1 aromatic heterocycles. The Bertz CT molecular complexity index is 483. The van der Waals surface area contributed by atoms with E-state index in [1.165, 1.54) is 15.6 Å². The van der Waals surface area contributed by atoms with Crippen LogP contribution in [0.2, 0.25) is 0 Å². The van der Waals surface area contributed by atoms with Crippen LogP contribution in [-0.2, 0) is 16.6 Å². The molecular weight excluding hydrogens is 282 g/mol. The first-order valence-electron chi connectivity index (χ1n) is 6.39. The standard InChI is InChI=1S/C12H23N3O2S2/c1-10(2)13-6-5-7-19(16,17)15(4)8-12-11(3)14-9-18-12/h9-10,13H,5-8H2,1-4H3. The van der Waals surface area contributed by atoms with Crippen LogP contribution in [0.15, 0.2) is 5.51 Å².